The molecule has 21 heavy (non-hydrogen) atoms. The van der Waals surface area contributed by atoms with Crippen LogP contribution in [0.15, 0.2) is 48.6 Å². The summed E-state index contributed by atoms with van der Waals surface area (Å²) in [7, 11) is 0. The topological polar surface area (TPSA) is 0 Å². The summed E-state index contributed by atoms with van der Waals surface area (Å²) >= 11 is 0. The van der Waals surface area contributed by atoms with Crippen molar-refractivity contribution >= 4 is 5.57 Å². The molecule has 0 N–H and O–H groups in total. The van der Waals surface area contributed by atoms with Gasteiger partial charge in [0, 0.05) is 0 Å². The van der Waals surface area contributed by atoms with Gasteiger partial charge in [0.25, 0.3) is 0 Å². The Morgan fingerprint density at radius 3 is 2.67 bits per heavy atom. The van der Waals surface area contributed by atoms with Gasteiger partial charge in [-0.3, -0.25) is 0 Å². The summed E-state index contributed by atoms with van der Waals surface area (Å²) in [5.74, 6) is 0.510. The van der Waals surface area contributed by atoms with Crippen LogP contribution in [0.5, 0.6) is 0 Å². The molecule has 0 aliphatic heterocycles. The van der Waals surface area contributed by atoms with E-state index in [0.29, 0.717) is 5.92 Å². The van der Waals surface area contributed by atoms with E-state index in [1.807, 2.05) is 0 Å². The minimum Gasteiger partial charge on any atom is -0.0801 e. The van der Waals surface area contributed by atoms with E-state index in [1.54, 1.807) is 0 Å². The van der Waals surface area contributed by atoms with Crippen LogP contribution in [0.3, 0.4) is 0 Å². The molecule has 103 valence electrons. The van der Waals surface area contributed by atoms with E-state index < -0.39 is 0 Å². The van der Waals surface area contributed by atoms with Gasteiger partial charge in [-0.15, -0.1) is 0 Å². The standard InChI is InChI=1S/C21H19/c1-14(2)19-12-17-11-16-9-5-6-10-18(16)21(17)13-20(19)15-7-3-4-8-15/h3-7,9-10,13-14H,8,11H2,1-2H3. The largest absolute Gasteiger partial charge is 0.0801 e. The maximum Gasteiger partial charge on any atom is -0.000717 e. The minimum absolute atomic E-state index is 0.510. The first-order valence-electron chi connectivity index (χ1n) is 7.77. The molecule has 0 unspecified atom stereocenters. The average Bonchev–Trinajstić information content (AvgIpc) is 3.13. The molecule has 0 fully saturated rings. The Bertz CT molecular complexity index is 773. The molecular weight excluding hydrogens is 252 g/mol. The molecule has 0 atom stereocenters. The van der Waals surface area contributed by atoms with Crippen molar-refractivity contribution in [1.29, 1.82) is 0 Å². The molecule has 0 spiro atoms. The van der Waals surface area contributed by atoms with Crippen molar-refractivity contribution in [2.45, 2.75) is 32.6 Å². The third-order valence-electron chi connectivity index (χ3n) is 4.56. The monoisotopic (exact) mass is 271 g/mol. The average molecular weight is 271 g/mol. The van der Waals surface area contributed by atoms with Gasteiger partial charge >= 0.3 is 0 Å². The van der Waals surface area contributed by atoms with Gasteiger partial charge in [0.15, 0.2) is 0 Å². The predicted molar refractivity (Wildman–Crippen MR) is 89.3 cm³/mol. The fraction of sp³-hybridized carbons (Fsp3) is 0.238. The third kappa shape index (κ3) is 1.98. The maximum absolute atomic E-state index is 3.75. The molecule has 1 radical (unpaired) electrons. The second-order valence-corrected chi connectivity index (χ2v) is 6.30. The first-order chi connectivity index (χ1) is 10.2. The smallest absolute Gasteiger partial charge is 0.000717 e. The van der Waals surface area contributed by atoms with Gasteiger partial charge in [-0.2, -0.15) is 0 Å². The molecule has 0 saturated carbocycles. The fourth-order valence-electron chi connectivity index (χ4n) is 3.48. The van der Waals surface area contributed by atoms with Crippen molar-refractivity contribution < 1.29 is 0 Å². The predicted octanol–water partition coefficient (Wildman–Crippen LogP) is 5.52. The van der Waals surface area contributed by atoms with Crippen LogP contribution < -0.4 is 0 Å². The molecule has 2 aromatic carbocycles. The first-order valence-corrected chi connectivity index (χ1v) is 7.77. The van der Waals surface area contributed by atoms with Crippen LogP contribution in [-0.2, 0) is 6.42 Å². The fourth-order valence-corrected chi connectivity index (χ4v) is 3.48. The maximum atomic E-state index is 3.75. The molecule has 0 bridgehead atoms. The van der Waals surface area contributed by atoms with Gasteiger partial charge in [-0.05, 0) is 69.8 Å². The molecule has 0 saturated heterocycles. The van der Waals surface area contributed by atoms with E-state index in [9.17, 15) is 0 Å². The summed E-state index contributed by atoms with van der Waals surface area (Å²) < 4.78 is 0. The van der Waals surface area contributed by atoms with Crippen LogP contribution in [0.1, 0.15) is 48.4 Å². The number of rotatable bonds is 2. The Hall–Kier alpha value is -2.08. The zero-order chi connectivity index (χ0) is 14.4. The van der Waals surface area contributed by atoms with Crippen molar-refractivity contribution in [3.63, 3.8) is 0 Å². The normalized spacial score (nSPS) is 15.3. The molecule has 2 aromatic rings. The number of fused-ring (bicyclic) bond motifs is 3. The van der Waals surface area contributed by atoms with Crippen molar-refractivity contribution in [2.24, 2.45) is 0 Å². The second kappa shape index (κ2) is 4.73. The van der Waals surface area contributed by atoms with Crippen LogP contribution >= 0.6 is 0 Å². The Morgan fingerprint density at radius 1 is 1.05 bits per heavy atom. The molecule has 0 nitrogen and oxygen atoms in total. The van der Waals surface area contributed by atoms with Crippen LogP contribution in [0, 0.1) is 6.07 Å². The molecule has 0 heterocycles. The summed E-state index contributed by atoms with van der Waals surface area (Å²) in [5, 5.41) is 0. The van der Waals surface area contributed by atoms with E-state index >= 15 is 0 Å². The van der Waals surface area contributed by atoms with Crippen LogP contribution in [0.2, 0.25) is 0 Å². The zero-order valence-corrected chi connectivity index (χ0v) is 12.6. The minimum atomic E-state index is 0.510. The van der Waals surface area contributed by atoms with Gasteiger partial charge in [0.2, 0.25) is 0 Å². The first kappa shape index (κ1) is 12.6. The summed E-state index contributed by atoms with van der Waals surface area (Å²) in [6.45, 7) is 4.54. The van der Waals surface area contributed by atoms with Gasteiger partial charge < -0.3 is 0 Å². The lowest BCUT2D eigenvalue weighted by atomic mass is 9.88. The lowest BCUT2D eigenvalue weighted by Gasteiger charge is -2.16. The third-order valence-corrected chi connectivity index (χ3v) is 4.56. The second-order valence-electron chi connectivity index (χ2n) is 6.30. The van der Waals surface area contributed by atoms with Gasteiger partial charge in [-0.1, -0.05) is 56.3 Å². The summed E-state index contributed by atoms with van der Waals surface area (Å²) in [5.41, 5.74) is 9.79. The molecule has 2 aliphatic carbocycles. The Morgan fingerprint density at radius 2 is 1.90 bits per heavy atom. The lowest BCUT2D eigenvalue weighted by molar-refractivity contribution is 0.857. The van der Waals surface area contributed by atoms with Crippen molar-refractivity contribution in [1.82, 2.24) is 0 Å². The van der Waals surface area contributed by atoms with Gasteiger partial charge in [0.1, 0.15) is 0 Å². The van der Waals surface area contributed by atoms with Gasteiger partial charge in [0.05, 0.1) is 0 Å². The number of hydrogen-bond donors (Lipinski definition) is 0. The van der Waals surface area contributed by atoms with E-state index in [0.717, 1.165) is 12.8 Å². The van der Waals surface area contributed by atoms with Crippen molar-refractivity contribution in [3.8, 4) is 11.1 Å². The van der Waals surface area contributed by atoms with E-state index in [-0.39, 0.29) is 0 Å². The Kier molecular flexibility index (Phi) is 2.85. The molecule has 0 heteroatoms. The van der Waals surface area contributed by atoms with Gasteiger partial charge in [-0.25, -0.2) is 0 Å². The number of allylic oxidation sites excluding steroid dienone is 4. The van der Waals surface area contributed by atoms with E-state index in [1.165, 1.54) is 39.0 Å². The van der Waals surface area contributed by atoms with Crippen molar-refractivity contribution in [2.75, 3.05) is 0 Å². The highest BCUT2D eigenvalue weighted by molar-refractivity contribution is 5.83. The highest BCUT2D eigenvalue weighted by Gasteiger charge is 2.22. The molecular formula is C21H19. The lowest BCUT2D eigenvalue weighted by Crippen LogP contribution is -1.98. The molecule has 4 rings (SSSR count). The Balaban J connectivity index is 1.92. The summed E-state index contributed by atoms with van der Waals surface area (Å²) in [4.78, 5) is 0. The van der Waals surface area contributed by atoms with Crippen LogP contribution in [-0.4, -0.2) is 0 Å². The van der Waals surface area contributed by atoms with Crippen LogP contribution in [0.4, 0.5) is 0 Å². The summed E-state index contributed by atoms with van der Waals surface area (Å²) in [6, 6.07) is 14.9. The molecule has 0 aromatic heterocycles. The molecule has 0 amide bonds. The number of benzene rings is 2. The van der Waals surface area contributed by atoms with E-state index in [4.69, 9.17) is 0 Å². The SMILES string of the molecule is CC(C)c1[c]c2c(cc1C1=CC=CC1)-c1ccccc1C2. The highest BCUT2D eigenvalue weighted by Crippen LogP contribution is 2.41. The number of hydrogen-bond acceptors (Lipinski definition) is 0. The van der Waals surface area contributed by atoms with Crippen LogP contribution in [0.25, 0.3) is 16.7 Å². The quantitative estimate of drug-likeness (QED) is 0.575. The Labute approximate surface area is 126 Å². The molecule has 2 aliphatic rings. The van der Waals surface area contributed by atoms with E-state index in [2.05, 4.69) is 68.5 Å². The van der Waals surface area contributed by atoms with Crippen molar-refractivity contribution in [3.05, 3.63) is 76.9 Å². The summed E-state index contributed by atoms with van der Waals surface area (Å²) in [6.07, 6.45) is 8.74. The highest BCUT2D eigenvalue weighted by atomic mass is 14.3. The zero-order valence-electron chi connectivity index (χ0n) is 12.6.